The molecule has 5 heteroatoms. The average Bonchev–Trinajstić information content (AvgIpc) is 3.21. The van der Waals surface area contributed by atoms with Crippen molar-refractivity contribution in [1.29, 1.82) is 0 Å². The molecule has 20 heavy (non-hydrogen) atoms. The van der Waals surface area contributed by atoms with Crippen LogP contribution < -0.4 is 11.5 Å². The van der Waals surface area contributed by atoms with Crippen molar-refractivity contribution in [2.75, 3.05) is 31.7 Å². The summed E-state index contributed by atoms with van der Waals surface area (Å²) in [7, 11) is 1.64. The molecule has 1 fully saturated rings. The van der Waals surface area contributed by atoms with Crippen LogP contribution >= 0.6 is 0 Å². The Labute approximate surface area is 119 Å². The molecule has 0 heterocycles. The second-order valence-electron chi connectivity index (χ2n) is 5.46. The number of nitrogens with two attached hydrogens (primary N) is 2. The second kappa shape index (κ2) is 6.13. The number of hydrogen-bond acceptors (Lipinski definition) is 4. The summed E-state index contributed by atoms with van der Waals surface area (Å²) in [5.41, 5.74) is 13.1. The second-order valence-corrected chi connectivity index (χ2v) is 5.46. The fourth-order valence-electron chi connectivity index (χ4n) is 2.48. The molecule has 1 unspecified atom stereocenters. The molecule has 2 rings (SSSR count). The van der Waals surface area contributed by atoms with Crippen LogP contribution in [0.1, 0.15) is 30.1 Å². The molecule has 1 amide bonds. The average molecular weight is 277 g/mol. The van der Waals surface area contributed by atoms with E-state index in [9.17, 15) is 4.79 Å². The molecular formula is C15H23N3O2. The van der Waals surface area contributed by atoms with E-state index in [4.69, 9.17) is 16.2 Å². The van der Waals surface area contributed by atoms with Crippen LogP contribution in [0.15, 0.2) is 18.2 Å². The summed E-state index contributed by atoms with van der Waals surface area (Å²) >= 11 is 0. The SMILES string of the molecule is COCCN(C(=O)c1cc(N)cc(N)c1)C(C)C1CC1. The predicted octanol–water partition coefficient (Wildman–Crippen LogP) is 1.74. The first-order valence-electron chi connectivity index (χ1n) is 6.99. The van der Waals surface area contributed by atoms with Crippen LogP contribution in [0.25, 0.3) is 0 Å². The zero-order valence-corrected chi connectivity index (χ0v) is 12.1. The minimum atomic E-state index is -0.0274. The van der Waals surface area contributed by atoms with Crippen molar-refractivity contribution in [3.63, 3.8) is 0 Å². The number of methoxy groups -OCH3 is 1. The van der Waals surface area contributed by atoms with Crippen LogP contribution in [0.2, 0.25) is 0 Å². The van der Waals surface area contributed by atoms with E-state index in [1.165, 1.54) is 12.8 Å². The standard InChI is InChI=1S/C15H23N3O2/c1-10(11-3-4-11)18(5-6-20-2)15(19)12-7-13(16)9-14(17)8-12/h7-11H,3-6,16-17H2,1-2H3. The van der Waals surface area contributed by atoms with Crippen LogP contribution in [0, 0.1) is 5.92 Å². The molecule has 1 atom stereocenters. The highest BCUT2D eigenvalue weighted by atomic mass is 16.5. The number of rotatable bonds is 6. The highest BCUT2D eigenvalue weighted by Crippen LogP contribution is 2.35. The fourth-order valence-corrected chi connectivity index (χ4v) is 2.48. The lowest BCUT2D eigenvalue weighted by Crippen LogP contribution is -2.42. The quantitative estimate of drug-likeness (QED) is 0.776. The van der Waals surface area contributed by atoms with Crippen LogP contribution in [0.3, 0.4) is 0 Å². The van der Waals surface area contributed by atoms with Gasteiger partial charge >= 0.3 is 0 Å². The fraction of sp³-hybridized carbons (Fsp3) is 0.533. The molecule has 0 saturated heterocycles. The molecule has 5 nitrogen and oxygen atoms in total. The van der Waals surface area contributed by atoms with E-state index in [-0.39, 0.29) is 11.9 Å². The van der Waals surface area contributed by atoms with Gasteiger partial charge in [-0.05, 0) is 43.9 Å². The number of ether oxygens (including phenoxy) is 1. The van der Waals surface area contributed by atoms with Gasteiger partial charge in [-0.2, -0.15) is 0 Å². The van der Waals surface area contributed by atoms with Gasteiger partial charge in [-0.25, -0.2) is 0 Å². The topological polar surface area (TPSA) is 81.6 Å². The smallest absolute Gasteiger partial charge is 0.254 e. The number of hydrogen-bond donors (Lipinski definition) is 2. The first-order valence-corrected chi connectivity index (χ1v) is 6.99. The number of amides is 1. The summed E-state index contributed by atoms with van der Waals surface area (Å²) in [6.45, 7) is 3.21. The third-order valence-corrected chi connectivity index (χ3v) is 3.82. The van der Waals surface area contributed by atoms with Crippen LogP contribution in [-0.4, -0.2) is 37.1 Å². The van der Waals surface area contributed by atoms with Crippen LogP contribution in [-0.2, 0) is 4.74 Å². The molecular weight excluding hydrogens is 254 g/mol. The van der Waals surface area contributed by atoms with E-state index in [1.807, 2.05) is 4.90 Å². The lowest BCUT2D eigenvalue weighted by Gasteiger charge is -2.29. The molecule has 4 N–H and O–H groups in total. The minimum absolute atomic E-state index is 0.0274. The lowest BCUT2D eigenvalue weighted by molar-refractivity contribution is 0.0595. The van der Waals surface area contributed by atoms with E-state index in [0.29, 0.717) is 36.0 Å². The van der Waals surface area contributed by atoms with Gasteiger partial charge in [0.15, 0.2) is 0 Å². The Hall–Kier alpha value is -1.75. The number of carbonyl (C=O) groups is 1. The van der Waals surface area contributed by atoms with Crippen molar-refractivity contribution in [2.24, 2.45) is 5.92 Å². The number of benzene rings is 1. The minimum Gasteiger partial charge on any atom is -0.399 e. The largest absolute Gasteiger partial charge is 0.399 e. The maximum absolute atomic E-state index is 12.7. The summed E-state index contributed by atoms with van der Waals surface area (Å²) in [4.78, 5) is 14.6. The molecule has 0 bridgehead atoms. The Bertz CT molecular complexity index is 466. The first kappa shape index (κ1) is 14.7. The molecule has 1 aliphatic carbocycles. The van der Waals surface area contributed by atoms with E-state index in [0.717, 1.165) is 0 Å². The van der Waals surface area contributed by atoms with Gasteiger partial charge in [0.25, 0.3) is 5.91 Å². The molecule has 1 saturated carbocycles. The summed E-state index contributed by atoms with van der Waals surface area (Å²) in [6.07, 6.45) is 2.38. The van der Waals surface area contributed by atoms with E-state index in [2.05, 4.69) is 6.92 Å². The summed E-state index contributed by atoms with van der Waals surface area (Å²) in [5.74, 6) is 0.578. The van der Waals surface area contributed by atoms with Gasteiger partial charge in [0.05, 0.1) is 6.61 Å². The molecule has 0 aromatic heterocycles. The Kier molecular flexibility index (Phi) is 4.49. The Morgan fingerprint density at radius 2 is 1.95 bits per heavy atom. The lowest BCUT2D eigenvalue weighted by atomic mass is 10.1. The first-order chi connectivity index (χ1) is 9.52. The predicted molar refractivity (Wildman–Crippen MR) is 80.4 cm³/mol. The van der Waals surface area contributed by atoms with Gasteiger partial charge in [0, 0.05) is 36.6 Å². The van der Waals surface area contributed by atoms with Gasteiger partial charge in [-0.15, -0.1) is 0 Å². The zero-order valence-electron chi connectivity index (χ0n) is 12.1. The number of nitrogens with zero attached hydrogens (tertiary/aromatic N) is 1. The van der Waals surface area contributed by atoms with Crippen molar-refractivity contribution < 1.29 is 9.53 Å². The molecule has 0 radical (unpaired) electrons. The van der Waals surface area contributed by atoms with Crippen molar-refractivity contribution in [2.45, 2.75) is 25.8 Å². The molecule has 1 aromatic rings. The van der Waals surface area contributed by atoms with Gasteiger partial charge in [0.1, 0.15) is 0 Å². The van der Waals surface area contributed by atoms with E-state index >= 15 is 0 Å². The molecule has 1 aliphatic rings. The molecule has 0 aliphatic heterocycles. The van der Waals surface area contributed by atoms with Crippen molar-refractivity contribution in [1.82, 2.24) is 4.90 Å². The van der Waals surface area contributed by atoms with Crippen molar-refractivity contribution >= 4 is 17.3 Å². The van der Waals surface area contributed by atoms with Crippen molar-refractivity contribution in [3.8, 4) is 0 Å². The number of carbonyl (C=O) groups excluding carboxylic acids is 1. The third-order valence-electron chi connectivity index (χ3n) is 3.82. The number of anilines is 2. The Morgan fingerprint density at radius 3 is 2.45 bits per heavy atom. The van der Waals surface area contributed by atoms with Gasteiger partial charge in [-0.1, -0.05) is 0 Å². The van der Waals surface area contributed by atoms with Crippen LogP contribution in [0.4, 0.5) is 11.4 Å². The molecule has 1 aromatic carbocycles. The highest BCUT2D eigenvalue weighted by molar-refractivity contribution is 5.96. The van der Waals surface area contributed by atoms with Gasteiger partial charge in [0.2, 0.25) is 0 Å². The zero-order chi connectivity index (χ0) is 14.7. The molecule has 0 spiro atoms. The maximum atomic E-state index is 12.7. The highest BCUT2D eigenvalue weighted by Gasteiger charge is 2.34. The molecule has 110 valence electrons. The van der Waals surface area contributed by atoms with Crippen molar-refractivity contribution in [3.05, 3.63) is 23.8 Å². The van der Waals surface area contributed by atoms with Gasteiger partial charge in [-0.3, -0.25) is 4.79 Å². The summed E-state index contributed by atoms with van der Waals surface area (Å²) in [5, 5.41) is 0. The van der Waals surface area contributed by atoms with E-state index < -0.39 is 0 Å². The monoisotopic (exact) mass is 277 g/mol. The Balaban J connectivity index is 2.19. The maximum Gasteiger partial charge on any atom is 0.254 e. The normalized spacial score (nSPS) is 15.9. The van der Waals surface area contributed by atoms with Gasteiger partial charge < -0.3 is 21.1 Å². The Morgan fingerprint density at radius 1 is 1.35 bits per heavy atom. The summed E-state index contributed by atoms with van der Waals surface area (Å²) < 4.78 is 5.11. The number of nitrogen functional groups attached to an aromatic ring is 2. The summed E-state index contributed by atoms with van der Waals surface area (Å²) in [6, 6.07) is 5.23. The van der Waals surface area contributed by atoms with E-state index in [1.54, 1.807) is 25.3 Å². The van der Waals surface area contributed by atoms with Crippen LogP contribution in [0.5, 0.6) is 0 Å². The third kappa shape index (κ3) is 3.42.